The number of nitrogens with one attached hydrogen (secondary N) is 3. The molecule has 17 heteroatoms. The highest BCUT2D eigenvalue weighted by Gasteiger charge is 2.52. The van der Waals surface area contributed by atoms with Crippen LogP contribution in [0.15, 0.2) is 54.7 Å². The van der Waals surface area contributed by atoms with Crippen molar-refractivity contribution in [1.82, 2.24) is 40.4 Å². The lowest BCUT2D eigenvalue weighted by Gasteiger charge is -2.37. The molecule has 2 saturated heterocycles. The van der Waals surface area contributed by atoms with Gasteiger partial charge in [0.1, 0.15) is 29.9 Å². The minimum atomic E-state index is -1.20. The average Bonchev–Trinajstić information content (AvgIpc) is 4.33. The van der Waals surface area contributed by atoms with E-state index in [2.05, 4.69) is 59.6 Å². The number of rotatable bonds is 14. The van der Waals surface area contributed by atoms with Crippen LogP contribution in [0.4, 0.5) is 0 Å². The second kappa shape index (κ2) is 22.2. The molecule has 3 aliphatic heterocycles. The standard InChI is InChI=1S/C58H76N8O9/c1-10-65-46-22-21-38-29-42(46)43(52(65)41-17-13-23-59-48(41)34(4)73-9)30-58(5,6)32-74-57(72)44-18-14-24-66(62-44)54(69)45(27-35-25-39(38)28-40(26-35)75-56(71)33(2)3)60-53(68)51(37-15-11-12-16-37)64(8)47(67)31-63(7)55(70)50-49(61-50)36-19-20-36/h13,17,21-23,25-26,28-29,33-34,36-37,44-45,49-51,61-62H,10-12,14-16,18-20,24,27,30-32H2,1-9H3,(H,60,68)/t34-,44-,45-,49+,50+,51-/m0/s1. The van der Waals surface area contributed by atoms with Gasteiger partial charge in [-0.2, -0.15) is 0 Å². The first-order valence-corrected chi connectivity index (χ1v) is 27.2. The van der Waals surface area contributed by atoms with E-state index in [0.717, 1.165) is 70.2 Å². The zero-order valence-corrected chi connectivity index (χ0v) is 45.2. The van der Waals surface area contributed by atoms with Crippen LogP contribution in [0.2, 0.25) is 0 Å². The third-order valence-corrected chi connectivity index (χ3v) is 16.1. The molecule has 4 fully saturated rings. The lowest BCUT2D eigenvalue weighted by molar-refractivity contribution is -0.155. The van der Waals surface area contributed by atoms with Crippen LogP contribution in [0.5, 0.6) is 5.75 Å². The fourth-order valence-corrected chi connectivity index (χ4v) is 11.6. The number of fused-ring (bicyclic) bond motifs is 6. The van der Waals surface area contributed by atoms with Gasteiger partial charge in [0.2, 0.25) is 17.7 Å². The van der Waals surface area contributed by atoms with Crippen molar-refractivity contribution >= 4 is 46.5 Å². The molecule has 17 nitrogen and oxygen atoms in total. The van der Waals surface area contributed by atoms with Gasteiger partial charge in [-0.15, -0.1) is 0 Å². The third-order valence-electron chi connectivity index (χ3n) is 16.1. The predicted molar refractivity (Wildman–Crippen MR) is 284 cm³/mol. The lowest BCUT2D eigenvalue weighted by Crippen LogP contribution is -2.62. The Morgan fingerprint density at radius 1 is 0.960 bits per heavy atom. The second-order valence-electron chi connectivity index (χ2n) is 22.8. The number of amides is 4. The van der Waals surface area contributed by atoms with Crippen molar-refractivity contribution in [2.75, 3.05) is 40.9 Å². The summed E-state index contributed by atoms with van der Waals surface area (Å²) in [5.41, 5.74) is 9.53. The quantitative estimate of drug-likeness (QED) is 0.0701. The number of cyclic esters (lactones) is 1. The van der Waals surface area contributed by atoms with Gasteiger partial charge in [-0.25, -0.2) is 5.43 Å². The van der Waals surface area contributed by atoms with E-state index in [4.69, 9.17) is 19.2 Å². The highest BCUT2D eigenvalue weighted by molar-refractivity contribution is 5.97. The molecular formula is C58H76N8O9. The SMILES string of the molecule is CCn1c(-c2cccnc2[C@H](C)OC)c2c3cc(ccc31)-c1cc(cc(OC(=O)C(C)C)c1)C[C@H](NC(=O)[C@H](C1CCCC1)N(C)C(=O)CN(C)C(=O)[C@@H]1N[C@@H]1C1CC1)C(=O)N1CCC[C@H](N1)C(=O)OCC(C)(C)C2. The summed E-state index contributed by atoms with van der Waals surface area (Å²) in [4.78, 5) is 92.9. The van der Waals surface area contributed by atoms with Crippen LogP contribution in [-0.4, -0.2) is 131 Å². The first-order valence-electron chi connectivity index (χ1n) is 27.2. The molecule has 4 amide bonds. The van der Waals surface area contributed by atoms with Crippen molar-refractivity contribution < 1.29 is 43.0 Å². The summed E-state index contributed by atoms with van der Waals surface area (Å²) >= 11 is 0. The van der Waals surface area contributed by atoms with Crippen molar-refractivity contribution in [3.63, 3.8) is 0 Å². The maximum Gasteiger partial charge on any atom is 0.324 e. The van der Waals surface area contributed by atoms with E-state index < -0.39 is 53.2 Å². The van der Waals surface area contributed by atoms with Gasteiger partial charge in [0.05, 0.1) is 36.6 Å². The molecule has 2 aromatic heterocycles. The van der Waals surface area contributed by atoms with E-state index in [1.807, 2.05) is 31.2 Å². The Morgan fingerprint density at radius 3 is 2.43 bits per heavy atom. The Hall–Kier alpha value is -6.17. The molecular weight excluding hydrogens is 953 g/mol. The van der Waals surface area contributed by atoms with Gasteiger partial charge >= 0.3 is 11.9 Å². The number of ether oxygens (including phenoxy) is 3. The minimum absolute atomic E-state index is 0.0275. The molecule has 402 valence electrons. The molecule has 6 atom stereocenters. The van der Waals surface area contributed by atoms with Crippen LogP contribution in [0.3, 0.4) is 0 Å². The Labute approximate surface area is 440 Å². The lowest BCUT2D eigenvalue weighted by atomic mass is 9.84. The zero-order valence-electron chi connectivity index (χ0n) is 45.2. The van der Waals surface area contributed by atoms with E-state index >= 15 is 9.59 Å². The van der Waals surface area contributed by atoms with Gasteiger partial charge in [0.25, 0.3) is 5.91 Å². The maximum absolute atomic E-state index is 15.1. The van der Waals surface area contributed by atoms with Gasteiger partial charge in [-0.1, -0.05) is 52.7 Å². The maximum atomic E-state index is 15.1. The highest BCUT2D eigenvalue weighted by atomic mass is 16.5. The molecule has 5 aliphatic rings. The monoisotopic (exact) mass is 1030 g/mol. The highest BCUT2D eigenvalue weighted by Crippen LogP contribution is 2.43. The third kappa shape index (κ3) is 11.7. The summed E-state index contributed by atoms with van der Waals surface area (Å²) in [5.74, 6) is -2.23. The number of carbonyl (C=O) groups is 6. The van der Waals surface area contributed by atoms with E-state index in [0.29, 0.717) is 50.1 Å². The number of hydrazine groups is 1. The largest absolute Gasteiger partial charge is 0.464 e. The van der Waals surface area contributed by atoms with E-state index in [9.17, 15) is 19.2 Å². The van der Waals surface area contributed by atoms with Crippen molar-refractivity contribution in [3.8, 4) is 28.1 Å². The molecule has 6 bridgehead atoms. The molecule has 0 radical (unpaired) electrons. The number of methoxy groups -OCH3 is 1. The fourth-order valence-electron chi connectivity index (χ4n) is 11.6. The Bertz CT molecular complexity index is 2830. The summed E-state index contributed by atoms with van der Waals surface area (Å²) < 4.78 is 20.4. The normalized spacial score (nSPS) is 22.8. The van der Waals surface area contributed by atoms with Crippen LogP contribution in [0.25, 0.3) is 33.3 Å². The number of pyridine rings is 1. The minimum Gasteiger partial charge on any atom is -0.464 e. The van der Waals surface area contributed by atoms with Gasteiger partial charge in [0.15, 0.2) is 0 Å². The molecule has 3 N–H and O–H groups in total. The van der Waals surface area contributed by atoms with E-state index in [1.54, 1.807) is 47.3 Å². The molecule has 0 unspecified atom stereocenters. The number of hydrogen-bond donors (Lipinski definition) is 3. The number of nitrogens with zero attached hydrogens (tertiary/aromatic N) is 5. The zero-order chi connectivity index (χ0) is 53.5. The first-order chi connectivity index (χ1) is 35.9. The molecule has 75 heavy (non-hydrogen) atoms. The number of likely N-dealkylation sites (N-methyl/N-ethyl adjacent to an activating group) is 2. The Balaban J connectivity index is 1.13. The number of aromatic nitrogens is 2. The molecule has 0 spiro atoms. The molecule has 4 aromatic rings. The van der Waals surface area contributed by atoms with Gasteiger partial charge < -0.3 is 33.9 Å². The van der Waals surface area contributed by atoms with Crippen LogP contribution in [0.1, 0.15) is 116 Å². The van der Waals surface area contributed by atoms with Gasteiger partial charge in [-0.3, -0.25) is 44.1 Å². The molecule has 9 rings (SSSR count). The smallest absolute Gasteiger partial charge is 0.324 e. The second-order valence-corrected chi connectivity index (χ2v) is 22.8. The molecule has 2 saturated carbocycles. The number of benzene rings is 2. The summed E-state index contributed by atoms with van der Waals surface area (Å²) in [6, 6.07) is 12.7. The van der Waals surface area contributed by atoms with Crippen molar-refractivity contribution in [2.24, 2.45) is 23.2 Å². The summed E-state index contributed by atoms with van der Waals surface area (Å²) in [7, 11) is 4.90. The van der Waals surface area contributed by atoms with Crippen LogP contribution in [-0.2, 0) is 57.6 Å². The first kappa shape index (κ1) is 53.6. The van der Waals surface area contributed by atoms with Gasteiger partial charge in [-0.05, 0) is 129 Å². The fraction of sp³-hybridized carbons (Fsp3) is 0.569. The van der Waals surface area contributed by atoms with Crippen LogP contribution >= 0.6 is 0 Å². The van der Waals surface area contributed by atoms with E-state index in [1.165, 1.54) is 14.8 Å². The van der Waals surface area contributed by atoms with Crippen LogP contribution < -0.4 is 20.8 Å². The van der Waals surface area contributed by atoms with Crippen molar-refractivity contribution in [3.05, 3.63) is 71.5 Å². The molecule has 5 heterocycles. The Morgan fingerprint density at radius 2 is 1.72 bits per heavy atom. The number of aryl methyl sites for hydroxylation is 1. The molecule has 2 aromatic carbocycles. The number of esters is 2. The Kier molecular flexibility index (Phi) is 15.9. The average molecular weight is 1030 g/mol. The van der Waals surface area contributed by atoms with E-state index in [-0.39, 0.29) is 67.8 Å². The molecule has 2 aliphatic carbocycles. The van der Waals surface area contributed by atoms with Gasteiger partial charge in [0, 0.05) is 74.8 Å². The number of hydrogen-bond acceptors (Lipinski definition) is 12. The predicted octanol–water partition coefficient (Wildman–Crippen LogP) is 6.53. The van der Waals surface area contributed by atoms with Crippen LogP contribution in [0, 0.1) is 23.2 Å². The summed E-state index contributed by atoms with van der Waals surface area (Å²) in [6.45, 7) is 12.6. The number of carbonyl (C=O) groups excluding carboxylic acids is 6. The van der Waals surface area contributed by atoms with Crippen molar-refractivity contribution in [2.45, 2.75) is 149 Å². The summed E-state index contributed by atoms with van der Waals surface area (Å²) in [6.07, 6.45) is 8.29. The topological polar surface area (TPSA) is 204 Å². The summed E-state index contributed by atoms with van der Waals surface area (Å²) in [5, 5.41) is 8.79. The van der Waals surface area contributed by atoms with Crippen molar-refractivity contribution in [1.29, 1.82) is 0 Å².